The van der Waals surface area contributed by atoms with Crippen molar-refractivity contribution in [3.05, 3.63) is 82.6 Å². The number of hydrogen-bond acceptors (Lipinski definition) is 8. The zero-order chi connectivity index (χ0) is 25.2. The van der Waals surface area contributed by atoms with E-state index < -0.39 is 17.3 Å². The quantitative estimate of drug-likeness (QED) is 0.297. The van der Waals surface area contributed by atoms with E-state index in [1.165, 1.54) is 17.4 Å². The zero-order valence-corrected chi connectivity index (χ0v) is 20.3. The van der Waals surface area contributed by atoms with Gasteiger partial charge in [0.25, 0.3) is 5.91 Å². The highest BCUT2D eigenvalue weighted by Crippen LogP contribution is 2.38. The lowest BCUT2D eigenvalue weighted by molar-refractivity contribution is 0.0782. The van der Waals surface area contributed by atoms with Gasteiger partial charge in [0.2, 0.25) is 0 Å². The predicted octanol–water partition coefficient (Wildman–Crippen LogP) is 5.03. The molecule has 35 heavy (non-hydrogen) atoms. The standard InChI is InChI=1S/C25H25FN4O4S/c1-14-9-17(34-30-14)13-33-12-16-5-4-6-22(28-16)29-24-19(23(27)31)11-21(35-24)18-8-7-15(10-20(18)26)25(2,3)32/h4-11,32H,12-13H2,1-3H3,(H2,27,31)(H,28,29). The SMILES string of the molecule is Cc1cc(COCc2cccc(Nc3sc(-c4ccc(C(C)(C)O)cc4F)cc3C(N)=O)n2)on1. The number of benzene rings is 1. The van der Waals surface area contributed by atoms with Crippen LogP contribution in [0.1, 0.15) is 46.9 Å². The van der Waals surface area contributed by atoms with E-state index in [1.54, 1.807) is 50.2 Å². The number of amides is 1. The number of aromatic nitrogens is 2. The van der Waals surface area contributed by atoms with Crippen LogP contribution in [0, 0.1) is 12.7 Å². The van der Waals surface area contributed by atoms with Gasteiger partial charge in [-0.05, 0) is 50.6 Å². The Bertz CT molecular complexity index is 1360. The first-order chi connectivity index (χ1) is 16.6. The third kappa shape index (κ3) is 5.91. The molecule has 0 spiro atoms. The number of carbonyl (C=O) groups excluding carboxylic acids is 1. The average molecular weight is 497 g/mol. The fraction of sp³-hybridized carbons (Fsp3) is 0.240. The minimum absolute atomic E-state index is 0.222. The zero-order valence-electron chi connectivity index (χ0n) is 19.5. The maximum absolute atomic E-state index is 14.9. The highest BCUT2D eigenvalue weighted by atomic mass is 32.1. The van der Waals surface area contributed by atoms with Gasteiger partial charge >= 0.3 is 0 Å². The van der Waals surface area contributed by atoms with Gasteiger partial charge in [-0.25, -0.2) is 9.37 Å². The molecule has 0 atom stereocenters. The van der Waals surface area contributed by atoms with Gasteiger partial charge in [-0.3, -0.25) is 4.79 Å². The Morgan fingerprint density at radius 2 is 2.03 bits per heavy atom. The molecule has 4 aromatic rings. The molecule has 4 N–H and O–H groups in total. The summed E-state index contributed by atoms with van der Waals surface area (Å²) in [5.41, 5.74) is 6.82. The van der Waals surface area contributed by atoms with Gasteiger partial charge in [-0.2, -0.15) is 0 Å². The molecule has 0 radical (unpaired) electrons. The van der Waals surface area contributed by atoms with Crippen LogP contribution < -0.4 is 11.1 Å². The number of primary amides is 1. The van der Waals surface area contributed by atoms with Crippen molar-refractivity contribution in [1.82, 2.24) is 10.1 Å². The van der Waals surface area contributed by atoms with Crippen molar-refractivity contribution in [1.29, 1.82) is 0 Å². The van der Waals surface area contributed by atoms with E-state index in [0.29, 0.717) is 38.3 Å². The second kappa shape index (κ2) is 9.95. The molecule has 0 saturated carbocycles. The minimum Gasteiger partial charge on any atom is -0.386 e. The number of anilines is 2. The summed E-state index contributed by atoms with van der Waals surface area (Å²) in [6.07, 6.45) is 0. The molecular weight excluding hydrogens is 471 g/mol. The molecule has 1 aromatic carbocycles. The molecule has 10 heteroatoms. The summed E-state index contributed by atoms with van der Waals surface area (Å²) < 4.78 is 25.6. The van der Waals surface area contributed by atoms with Crippen LogP contribution in [-0.2, 0) is 23.6 Å². The molecule has 3 heterocycles. The molecule has 4 rings (SSSR count). The number of hydrogen-bond donors (Lipinski definition) is 3. The normalized spacial score (nSPS) is 11.6. The van der Waals surface area contributed by atoms with E-state index in [0.717, 1.165) is 5.69 Å². The van der Waals surface area contributed by atoms with Gasteiger partial charge in [0.1, 0.15) is 23.2 Å². The Hall–Kier alpha value is -3.60. The number of nitrogens with two attached hydrogens (primary N) is 1. The molecule has 8 nitrogen and oxygen atoms in total. The van der Waals surface area contributed by atoms with Crippen molar-refractivity contribution in [2.75, 3.05) is 5.32 Å². The number of nitrogens with one attached hydrogen (secondary N) is 1. The third-order valence-corrected chi connectivity index (χ3v) is 6.24. The molecule has 0 saturated heterocycles. The van der Waals surface area contributed by atoms with E-state index in [4.69, 9.17) is 15.0 Å². The van der Waals surface area contributed by atoms with Crippen LogP contribution in [0.15, 0.2) is 53.1 Å². The Labute approximate surface area is 205 Å². The van der Waals surface area contributed by atoms with Crippen molar-refractivity contribution in [3.63, 3.8) is 0 Å². The Balaban J connectivity index is 1.52. The van der Waals surface area contributed by atoms with E-state index in [9.17, 15) is 14.3 Å². The van der Waals surface area contributed by atoms with E-state index >= 15 is 0 Å². The van der Waals surface area contributed by atoms with Crippen LogP contribution in [-0.4, -0.2) is 21.2 Å². The number of ether oxygens (including phenoxy) is 1. The first-order valence-electron chi connectivity index (χ1n) is 10.8. The van der Waals surface area contributed by atoms with E-state index in [-0.39, 0.29) is 18.8 Å². The van der Waals surface area contributed by atoms with Gasteiger partial charge in [0.15, 0.2) is 5.76 Å². The number of carbonyl (C=O) groups is 1. The number of rotatable bonds is 9. The Kier molecular flexibility index (Phi) is 6.97. The maximum atomic E-state index is 14.9. The molecule has 182 valence electrons. The van der Waals surface area contributed by atoms with Crippen LogP contribution in [0.5, 0.6) is 0 Å². The van der Waals surface area contributed by atoms with Crippen LogP contribution in [0.2, 0.25) is 0 Å². The first kappa shape index (κ1) is 24.5. The minimum atomic E-state index is -1.17. The lowest BCUT2D eigenvalue weighted by atomic mass is 9.96. The number of halogens is 1. The molecule has 0 aliphatic heterocycles. The highest BCUT2D eigenvalue weighted by molar-refractivity contribution is 7.19. The lowest BCUT2D eigenvalue weighted by Crippen LogP contribution is -2.15. The molecule has 3 aromatic heterocycles. The highest BCUT2D eigenvalue weighted by Gasteiger charge is 2.21. The summed E-state index contributed by atoms with van der Waals surface area (Å²) in [6.45, 7) is 5.51. The number of pyridine rings is 1. The molecule has 0 bridgehead atoms. The number of aliphatic hydroxyl groups is 1. The fourth-order valence-electron chi connectivity index (χ4n) is 3.38. The maximum Gasteiger partial charge on any atom is 0.251 e. The van der Waals surface area contributed by atoms with Gasteiger partial charge in [-0.1, -0.05) is 23.4 Å². The van der Waals surface area contributed by atoms with E-state index in [2.05, 4.69) is 15.5 Å². The third-order valence-electron chi connectivity index (χ3n) is 5.16. The molecule has 1 amide bonds. The van der Waals surface area contributed by atoms with Gasteiger partial charge < -0.3 is 25.4 Å². The summed E-state index contributed by atoms with van der Waals surface area (Å²) in [7, 11) is 0. The summed E-state index contributed by atoms with van der Waals surface area (Å²) in [5, 5.41) is 17.5. The van der Waals surface area contributed by atoms with Crippen molar-refractivity contribution < 1.29 is 23.6 Å². The number of nitrogens with zero attached hydrogens (tertiary/aromatic N) is 2. The van der Waals surface area contributed by atoms with Crippen LogP contribution in [0.25, 0.3) is 10.4 Å². The smallest absolute Gasteiger partial charge is 0.251 e. The molecule has 0 fully saturated rings. The predicted molar refractivity (Wildman–Crippen MR) is 131 cm³/mol. The number of aryl methyl sites for hydroxylation is 1. The topological polar surface area (TPSA) is 123 Å². The summed E-state index contributed by atoms with van der Waals surface area (Å²) in [5.74, 6) is -0.0507. The second-order valence-electron chi connectivity index (χ2n) is 8.54. The van der Waals surface area contributed by atoms with Gasteiger partial charge in [0, 0.05) is 16.5 Å². The summed E-state index contributed by atoms with van der Waals surface area (Å²) >= 11 is 1.18. The monoisotopic (exact) mass is 496 g/mol. The van der Waals surface area contributed by atoms with Crippen LogP contribution >= 0.6 is 11.3 Å². The summed E-state index contributed by atoms with van der Waals surface area (Å²) in [6, 6.07) is 13.2. The van der Waals surface area contributed by atoms with Crippen LogP contribution in [0.3, 0.4) is 0 Å². The van der Waals surface area contributed by atoms with Gasteiger partial charge in [-0.15, -0.1) is 11.3 Å². The molecule has 0 aliphatic rings. The Morgan fingerprint density at radius 3 is 2.69 bits per heavy atom. The van der Waals surface area contributed by atoms with Crippen molar-refractivity contribution in [2.24, 2.45) is 5.73 Å². The fourth-order valence-corrected chi connectivity index (χ4v) is 4.48. The largest absolute Gasteiger partial charge is 0.386 e. The van der Waals surface area contributed by atoms with Crippen LogP contribution in [0.4, 0.5) is 15.2 Å². The lowest BCUT2D eigenvalue weighted by Gasteiger charge is -2.18. The van der Waals surface area contributed by atoms with Crippen molar-refractivity contribution >= 4 is 28.1 Å². The molecular formula is C25H25FN4O4S. The van der Waals surface area contributed by atoms with E-state index in [1.807, 2.05) is 13.0 Å². The Morgan fingerprint density at radius 1 is 1.23 bits per heavy atom. The van der Waals surface area contributed by atoms with Gasteiger partial charge in [0.05, 0.1) is 29.2 Å². The van der Waals surface area contributed by atoms with Crippen molar-refractivity contribution in [3.8, 4) is 10.4 Å². The average Bonchev–Trinajstić information content (AvgIpc) is 3.39. The van der Waals surface area contributed by atoms with Crippen molar-refractivity contribution in [2.45, 2.75) is 39.6 Å². The second-order valence-corrected chi connectivity index (χ2v) is 9.59. The molecule has 0 aliphatic carbocycles. The number of thiophene rings is 1. The summed E-state index contributed by atoms with van der Waals surface area (Å²) in [4.78, 5) is 17.1. The molecule has 0 unspecified atom stereocenters. The first-order valence-corrected chi connectivity index (χ1v) is 11.6.